The number of ether oxygens (including phenoxy) is 1. The van der Waals surface area contributed by atoms with Crippen LogP contribution in [0.15, 0.2) is 6.20 Å². The van der Waals surface area contributed by atoms with Crippen LogP contribution in [0.2, 0.25) is 0 Å². The highest BCUT2D eigenvalue weighted by molar-refractivity contribution is 7.86. The van der Waals surface area contributed by atoms with Crippen LogP contribution < -0.4 is 0 Å². The maximum atomic E-state index is 12.7. The molecule has 2 saturated heterocycles. The average Bonchev–Trinajstić information content (AvgIpc) is 3.17. The summed E-state index contributed by atoms with van der Waals surface area (Å²) in [7, 11) is -1.81. The average molecular weight is 315 g/mol. The van der Waals surface area contributed by atoms with Gasteiger partial charge in [-0.1, -0.05) is 6.92 Å². The van der Waals surface area contributed by atoms with E-state index in [9.17, 15) is 8.42 Å². The zero-order valence-electron chi connectivity index (χ0n) is 12.3. The van der Waals surface area contributed by atoms with Crippen LogP contribution in [0.3, 0.4) is 0 Å². The number of H-pyrrole nitrogens is 1. The fourth-order valence-electron chi connectivity index (χ4n) is 3.11. The van der Waals surface area contributed by atoms with E-state index in [1.54, 1.807) is 17.6 Å². The monoisotopic (exact) mass is 315 g/mol. The number of aromatic nitrogens is 3. The molecule has 1 unspecified atom stereocenters. The molecule has 1 aromatic heterocycles. The second kappa shape index (κ2) is 5.64. The Bertz CT molecular complexity index is 576. The summed E-state index contributed by atoms with van der Waals surface area (Å²) in [5, 5.41) is 10.4. The van der Waals surface area contributed by atoms with Crippen molar-refractivity contribution >= 4 is 10.2 Å². The van der Waals surface area contributed by atoms with Crippen LogP contribution in [0.4, 0.5) is 0 Å². The van der Waals surface area contributed by atoms with Gasteiger partial charge in [-0.15, -0.1) is 0 Å². The van der Waals surface area contributed by atoms with Crippen molar-refractivity contribution in [3.05, 3.63) is 11.9 Å². The minimum Gasteiger partial charge on any atom is -0.379 e. The molecule has 3 atom stereocenters. The number of methoxy groups -OCH3 is 1. The van der Waals surface area contributed by atoms with Crippen molar-refractivity contribution in [1.82, 2.24) is 24.0 Å². The van der Waals surface area contributed by atoms with Gasteiger partial charge in [0, 0.05) is 39.2 Å². The Hall–Kier alpha value is -1.03. The third-order valence-corrected chi connectivity index (χ3v) is 6.32. The molecular formula is C12H21N5O3S. The number of nitrogens with zero attached hydrogens (tertiary/aromatic N) is 4. The van der Waals surface area contributed by atoms with E-state index in [4.69, 9.17) is 4.74 Å². The van der Waals surface area contributed by atoms with Crippen LogP contribution in [-0.4, -0.2) is 71.8 Å². The van der Waals surface area contributed by atoms with Gasteiger partial charge < -0.3 is 4.74 Å². The molecular weight excluding hydrogens is 294 g/mol. The lowest BCUT2D eigenvalue weighted by Gasteiger charge is -2.23. The van der Waals surface area contributed by atoms with Crippen LogP contribution in [0, 0.1) is 5.92 Å². The summed E-state index contributed by atoms with van der Waals surface area (Å²) in [4.78, 5) is 0. The van der Waals surface area contributed by atoms with E-state index in [2.05, 4.69) is 22.3 Å². The van der Waals surface area contributed by atoms with E-state index in [0.717, 1.165) is 12.1 Å². The molecule has 2 fully saturated rings. The largest absolute Gasteiger partial charge is 0.379 e. The predicted octanol–water partition coefficient (Wildman–Crippen LogP) is -0.194. The molecule has 8 nitrogen and oxygen atoms in total. The SMILES string of the molecule is CO[C@@H]1CN(S(=O)(=O)N2CCC(C)C2)C[C@H]1c1cn[nH]n1. The van der Waals surface area contributed by atoms with Gasteiger partial charge in [0.15, 0.2) is 0 Å². The maximum absolute atomic E-state index is 12.7. The van der Waals surface area contributed by atoms with Crippen molar-refractivity contribution < 1.29 is 13.2 Å². The molecule has 0 bridgehead atoms. The second-order valence-electron chi connectivity index (χ2n) is 5.85. The van der Waals surface area contributed by atoms with Gasteiger partial charge in [0.1, 0.15) is 0 Å². The normalized spacial score (nSPS) is 32.0. The molecule has 0 saturated carbocycles. The van der Waals surface area contributed by atoms with Crippen molar-refractivity contribution in [1.29, 1.82) is 0 Å². The van der Waals surface area contributed by atoms with Gasteiger partial charge in [0.2, 0.25) is 0 Å². The van der Waals surface area contributed by atoms with Crippen molar-refractivity contribution in [2.45, 2.75) is 25.4 Å². The van der Waals surface area contributed by atoms with Gasteiger partial charge in [0.25, 0.3) is 10.2 Å². The van der Waals surface area contributed by atoms with Crippen molar-refractivity contribution in [3.63, 3.8) is 0 Å². The summed E-state index contributed by atoms with van der Waals surface area (Å²) in [5.74, 6) is 0.343. The topological polar surface area (TPSA) is 91.4 Å². The van der Waals surface area contributed by atoms with Crippen LogP contribution in [0.5, 0.6) is 0 Å². The highest BCUT2D eigenvalue weighted by atomic mass is 32.2. The summed E-state index contributed by atoms with van der Waals surface area (Å²) in [6.07, 6.45) is 2.36. The Kier molecular flexibility index (Phi) is 4.00. The number of hydrogen-bond donors (Lipinski definition) is 1. The standard InChI is InChI=1S/C12H21N5O3S/c1-9-3-4-16(6-9)21(18,19)17-7-10(12(8-17)20-2)11-5-13-15-14-11/h5,9-10,12H,3-4,6-8H2,1-2H3,(H,13,14,15)/t9?,10-,12+/m0/s1. The van der Waals surface area contributed by atoms with Crippen LogP contribution in [0.1, 0.15) is 25.0 Å². The Morgan fingerprint density at radius 3 is 2.71 bits per heavy atom. The summed E-state index contributed by atoms with van der Waals surface area (Å²) < 4.78 is 34.0. The fourth-order valence-corrected chi connectivity index (χ4v) is 4.90. The molecule has 0 aromatic carbocycles. The van der Waals surface area contributed by atoms with Crippen LogP contribution >= 0.6 is 0 Å². The van der Waals surface area contributed by atoms with E-state index in [1.807, 2.05) is 0 Å². The molecule has 2 aliphatic rings. The van der Waals surface area contributed by atoms with Gasteiger partial charge in [-0.3, -0.25) is 0 Å². The lowest BCUT2D eigenvalue weighted by molar-refractivity contribution is 0.101. The predicted molar refractivity (Wildman–Crippen MR) is 75.8 cm³/mol. The maximum Gasteiger partial charge on any atom is 0.282 e. The smallest absolute Gasteiger partial charge is 0.282 e. The third kappa shape index (κ3) is 2.70. The van der Waals surface area contributed by atoms with Crippen molar-refractivity contribution in [2.24, 2.45) is 5.92 Å². The molecule has 0 amide bonds. The first-order valence-electron chi connectivity index (χ1n) is 7.16. The Labute approximate surface area is 124 Å². The lowest BCUT2D eigenvalue weighted by atomic mass is 10.0. The molecule has 1 aromatic rings. The minimum atomic E-state index is -3.41. The van der Waals surface area contributed by atoms with E-state index in [0.29, 0.717) is 32.1 Å². The third-order valence-electron chi connectivity index (χ3n) is 4.39. The molecule has 3 rings (SSSR count). The van der Waals surface area contributed by atoms with Gasteiger partial charge in [-0.2, -0.15) is 32.4 Å². The van der Waals surface area contributed by atoms with Crippen LogP contribution in [-0.2, 0) is 14.9 Å². The van der Waals surface area contributed by atoms with Gasteiger partial charge in [-0.25, -0.2) is 0 Å². The first-order valence-corrected chi connectivity index (χ1v) is 8.55. The van der Waals surface area contributed by atoms with Gasteiger partial charge in [-0.05, 0) is 12.3 Å². The van der Waals surface area contributed by atoms with E-state index >= 15 is 0 Å². The van der Waals surface area contributed by atoms with E-state index < -0.39 is 10.2 Å². The molecule has 9 heteroatoms. The quantitative estimate of drug-likeness (QED) is 0.831. The zero-order valence-corrected chi connectivity index (χ0v) is 13.1. The molecule has 1 N–H and O–H groups in total. The Balaban J connectivity index is 1.78. The van der Waals surface area contributed by atoms with E-state index in [-0.39, 0.29) is 12.0 Å². The highest BCUT2D eigenvalue weighted by Crippen LogP contribution is 2.32. The number of aromatic amines is 1. The molecule has 3 heterocycles. The molecule has 118 valence electrons. The zero-order chi connectivity index (χ0) is 15.0. The summed E-state index contributed by atoms with van der Waals surface area (Å²) in [6.45, 7) is 4.03. The molecule has 0 spiro atoms. The lowest BCUT2D eigenvalue weighted by Crippen LogP contribution is -2.42. The fraction of sp³-hybridized carbons (Fsp3) is 0.833. The highest BCUT2D eigenvalue weighted by Gasteiger charge is 2.44. The number of rotatable bonds is 4. The van der Waals surface area contributed by atoms with E-state index in [1.165, 1.54) is 4.31 Å². The summed E-state index contributed by atoms with van der Waals surface area (Å²) in [5.41, 5.74) is 0.745. The minimum absolute atomic E-state index is 0.0800. The second-order valence-corrected chi connectivity index (χ2v) is 7.78. The molecule has 2 aliphatic heterocycles. The summed E-state index contributed by atoms with van der Waals surface area (Å²) in [6, 6.07) is 0. The van der Waals surface area contributed by atoms with Crippen molar-refractivity contribution in [2.75, 3.05) is 33.3 Å². The van der Waals surface area contributed by atoms with Gasteiger partial charge in [0.05, 0.1) is 18.0 Å². The molecule has 0 aliphatic carbocycles. The first-order chi connectivity index (χ1) is 10.0. The van der Waals surface area contributed by atoms with Crippen molar-refractivity contribution in [3.8, 4) is 0 Å². The Morgan fingerprint density at radius 2 is 2.14 bits per heavy atom. The van der Waals surface area contributed by atoms with Crippen LogP contribution in [0.25, 0.3) is 0 Å². The number of nitrogens with one attached hydrogen (secondary N) is 1. The molecule has 21 heavy (non-hydrogen) atoms. The molecule has 0 radical (unpaired) electrons. The Morgan fingerprint density at radius 1 is 1.33 bits per heavy atom. The number of hydrogen-bond acceptors (Lipinski definition) is 5. The first kappa shape index (κ1) is 14.9. The van der Waals surface area contributed by atoms with Gasteiger partial charge >= 0.3 is 0 Å². The summed E-state index contributed by atoms with van der Waals surface area (Å²) >= 11 is 0.